The van der Waals surface area contributed by atoms with Crippen LogP contribution in [0.5, 0.6) is 0 Å². The third-order valence-electron chi connectivity index (χ3n) is 6.28. The monoisotopic (exact) mass is 494 g/mol. The van der Waals surface area contributed by atoms with Crippen molar-refractivity contribution in [3.05, 3.63) is 77.9 Å². The molecule has 4 heterocycles. The first-order chi connectivity index (χ1) is 20.1. The van der Waals surface area contributed by atoms with Crippen molar-refractivity contribution in [3.63, 3.8) is 0 Å². The Morgan fingerprint density at radius 2 is 1.84 bits per heavy atom. The second-order valence-electron chi connectivity index (χ2n) is 10.3. The molecule has 37 heavy (non-hydrogen) atoms. The van der Waals surface area contributed by atoms with Gasteiger partial charge in [0, 0.05) is 59.3 Å². The van der Waals surface area contributed by atoms with Gasteiger partial charge in [0.2, 0.25) is 5.69 Å². The Kier molecular flexibility index (Phi) is 3.95. The van der Waals surface area contributed by atoms with Gasteiger partial charge >= 0.3 is 0 Å². The van der Waals surface area contributed by atoms with Crippen LogP contribution in [0.15, 0.2) is 65.6 Å². The summed E-state index contributed by atoms with van der Waals surface area (Å²) in [6.45, 7) is 4.71. The minimum absolute atomic E-state index is 0.0286. The van der Waals surface area contributed by atoms with Gasteiger partial charge in [-0.15, -0.1) is 0 Å². The molecule has 0 saturated heterocycles. The third kappa shape index (κ3) is 4.12. The number of hydrogen-bond donors (Lipinski definition) is 0. The van der Waals surface area contributed by atoms with Crippen LogP contribution in [0.25, 0.3) is 55.7 Å². The van der Waals surface area contributed by atoms with Gasteiger partial charge < -0.3 is 4.42 Å². The highest BCUT2D eigenvalue weighted by Crippen LogP contribution is 2.39. The Balaban J connectivity index is 1.63. The van der Waals surface area contributed by atoms with Gasteiger partial charge in [-0.2, -0.15) is 0 Å². The van der Waals surface area contributed by atoms with Gasteiger partial charge in [-0.05, 0) is 48.8 Å². The van der Waals surface area contributed by atoms with Gasteiger partial charge in [-0.25, -0.2) is 24.5 Å². The zero-order valence-corrected chi connectivity index (χ0v) is 21.3. The second kappa shape index (κ2) is 8.44. The van der Waals surface area contributed by atoms with Gasteiger partial charge in [0.25, 0.3) is 0 Å². The van der Waals surface area contributed by atoms with E-state index in [0.717, 1.165) is 21.9 Å². The summed E-state index contributed by atoms with van der Waals surface area (Å²) in [7, 11) is 1.76. The van der Waals surface area contributed by atoms with Crippen LogP contribution < -0.4 is 4.57 Å². The maximum atomic E-state index is 9.00. The molecular weight excluding hydrogens is 458 g/mol. The van der Waals surface area contributed by atoms with E-state index in [2.05, 4.69) is 19.9 Å². The fraction of sp³-hybridized carbons (Fsp3) is 0.258. The molecule has 0 atom stereocenters. The van der Waals surface area contributed by atoms with E-state index in [1.807, 2.05) is 25.1 Å². The molecule has 0 saturated carbocycles. The van der Waals surface area contributed by atoms with Gasteiger partial charge in [0.1, 0.15) is 18.2 Å². The molecular formula is C31H30N5O+. The number of hydrogen-bond acceptors (Lipinski definition) is 5. The van der Waals surface area contributed by atoms with Crippen LogP contribution >= 0.6 is 0 Å². The SMILES string of the molecule is [2H]c1nc(-c2ncccn2)nc2cc3oc4c(-c5cc(C([2H])([2H])C(C)(C)C)c(C([2H])([2H])[2H])c[n+]5C)c(C)ccc4c3cc12. The van der Waals surface area contributed by atoms with Crippen molar-refractivity contribution in [1.82, 2.24) is 19.9 Å². The molecule has 0 unspecified atom stereocenters. The van der Waals surface area contributed by atoms with Crippen LogP contribution in [0.1, 0.15) is 45.7 Å². The summed E-state index contributed by atoms with van der Waals surface area (Å²) in [6.07, 6.45) is 2.78. The lowest BCUT2D eigenvalue weighted by atomic mass is 9.86. The first-order valence-electron chi connectivity index (χ1n) is 15.0. The first kappa shape index (κ1) is 17.3. The number of fused-ring (bicyclic) bond motifs is 4. The number of furan rings is 1. The molecule has 6 nitrogen and oxygen atoms in total. The van der Waals surface area contributed by atoms with Crippen molar-refractivity contribution >= 4 is 32.8 Å². The minimum Gasteiger partial charge on any atom is -0.455 e. The van der Waals surface area contributed by atoms with Crippen LogP contribution in [0.3, 0.4) is 0 Å². The molecule has 2 aromatic carbocycles. The fourth-order valence-electron chi connectivity index (χ4n) is 4.65. The summed E-state index contributed by atoms with van der Waals surface area (Å²) in [6, 6.07) is 10.9. The molecule has 6 aromatic rings. The van der Waals surface area contributed by atoms with E-state index in [1.54, 1.807) is 63.0 Å². The molecule has 0 bridgehead atoms. The lowest BCUT2D eigenvalue weighted by molar-refractivity contribution is -0.660. The van der Waals surface area contributed by atoms with Crippen LogP contribution in [-0.4, -0.2) is 19.9 Å². The van der Waals surface area contributed by atoms with Crippen molar-refractivity contribution < 1.29 is 17.2 Å². The Hall–Kier alpha value is -4.19. The van der Waals surface area contributed by atoms with E-state index in [9.17, 15) is 0 Å². The molecule has 0 aliphatic carbocycles. The lowest BCUT2D eigenvalue weighted by Crippen LogP contribution is -2.32. The highest BCUT2D eigenvalue weighted by Gasteiger charge is 2.24. The summed E-state index contributed by atoms with van der Waals surface area (Å²) in [5, 5.41) is 2.12. The zero-order chi connectivity index (χ0) is 31.1. The van der Waals surface area contributed by atoms with Crippen LogP contribution in [0.4, 0.5) is 0 Å². The van der Waals surface area contributed by atoms with Crippen molar-refractivity contribution in [2.45, 2.75) is 40.9 Å². The maximum absolute atomic E-state index is 9.00. The smallest absolute Gasteiger partial charge is 0.216 e. The largest absolute Gasteiger partial charge is 0.455 e. The van der Waals surface area contributed by atoms with Gasteiger partial charge in [-0.1, -0.05) is 32.9 Å². The van der Waals surface area contributed by atoms with E-state index >= 15 is 0 Å². The Morgan fingerprint density at radius 1 is 1.03 bits per heavy atom. The van der Waals surface area contributed by atoms with Crippen LogP contribution in [0, 0.1) is 19.2 Å². The summed E-state index contributed by atoms with van der Waals surface area (Å²) in [4.78, 5) is 17.4. The molecule has 0 aliphatic heterocycles. The zero-order valence-electron chi connectivity index (χ0n) is 27.3. The highest BCUT2D eigenvalue weighted by molar-refractivity contribution is 6.13. The average molecular weight is 495 g/mol. The van der Waals surface area contributed by atoms with Gasteiger partial charge in [0.15, 0.2) is 17.8 Å². The van der Waals surface area contributed by atoms with Gasteiger partial charge in [0.05, 0.1) is 12.5 Å². The van der Waals surface area contributed by atoms with Crippen molar-refractivity contribution in [1.29, 1.82) is 0 Å². The highest BCUT2D eigenvalue weighted by atomic mass is 16.3. The fourth-order valence-corrected chi connectivity index (χ4v) is 4.65. The Labute approximate surface area is 224 Å². The minimum atomic E-state index is -2.51. The summed E-state index contributed by atoms with van der Waals surface area (Å²) >= 11 is 0. The maximum Gasteiger partial charge on any atom is 0.216 e. The molecule has 184 valence electrons. The molecule has 0 radical (unpaired) electrons. The van der Waals surface area contributed by atoms with Crippen molar-refractivity contribution in [2.75, 3.05) is 0 Å². The number of aromatic nitrogens is 5. The van der Waals surface area contributed by atoms with E-state index in [0.29, 0.717) is 33.6 Å². The predicted molar refractivity (Wildman–Crippen MR) is 147 cm³/mol. The molecule has 0 amide bonds. The van der Waals surface area contributed by atoms with E-state index in [4.69, 9.17) is 12.6 Å². The Bertz CT molecular complexity index is 2060. The number of benzene rings is 2. The summed E-state index contributed by atoms with van der Waals surface area (Å²) in [5.74, 6) is 0.562. The molecule has 6 heteroatoms. The van der Waals surface area contributed by atoms with E-state index in [1.165, 1.54) is 6.20 Å². The normalized spacial score (nSPS) is 15.3. The number of nitrogens with zero attached hydrogens (tertiary/aromatic N) is 5. The number of rotatable bonds is 3. The average Bonchev–Trinajstić information content (AvgIpc) is 3.28. The topological polar surface area (TPSA) is 68.6 Å². The third-order valence-corrected chi connectivity index (χ3v) is 6.28. The summed E-state index contributed by atoms with van der Waals surface area (Å²) in [5.41, 5.74) is 3.07. The van der Waals surface area contributed by atoms with Crippen molar-refractivity contribution in [2.24, 2.45) is 12.5 Å². The summed E-state index contributed by atoms with van der Waals surface area (Å²) < 4.78 is 59.3. The lowest BCUT2D eigenvalue weighted by Gasteiger charge is -2.19. The van der Waals surface area contributed by atoms with Crippen molar-refractivity contribution in [3.8, 4) is 22.9 Å². The second-order valence-corrected chi connectivity index (χ2v) is 10.3. The number of aryl methyl sites for hydroxylation is 3. The van der Waals surface area contributed by atoms with Crippen LogP contribution in [-0.2, 0) is 13.4 Å². The molecule has 0 spiro atoms. The number of pyridine rings is 1. The predicted octanol–water partition coefficient (Wildman–Crippen LogP) is 6.68. The standard InChI is InChI=1S/C31H30N5O/c1-18-8-9-22-23-12-21-16-34-30(29-32-10-7-11-33-29)35-24(21)14-26(23)37-28(22)27(18)25-13-20(15-31(3,4)5)19(2)17-36(25)6/h7-14,16-17H,15H2,1-6H3/q+1/i2D3,15D2,16D. The van der Waals surface area contributed by atoms with E-state index < -0.39 is 18.6 Å². The molecule has 0 aliphatic rings. The molecule has 0 fully saturated rings. The van der Waals surface area contributed by atoms with Crippen LogP contribution in [0.2, 0.25) is 0 Å². The molecule has 4 aromatic heterocycles. The first-order valence-corrected chi connectivity index (χ1v) is 12.0. The Morgan fingerprint density at radius 3 is 2.59 bits per heavy atom. The quantitative estimate of drug-likeness (QED) is 0.257. The molecule has 6 rings (SSSR count). The van der Waals surface area contributed by atoms with Gasteiger partial charge in [-0.3, -0.25) is 0 Å². The molecule has 0 N–H and O–H groups in total. The van der Waals surface area contributed by atoms with E-state index in [-0.39, 0.29) is 23.1 Å².